The van der Waals surface area contributed by atoms with Gasteiger partial charge in [0.15, 0.2) is 17.8 Å². The molecular formula is C14H14O3. The van der Waals surface area contributed by atoms with Gasteiger partial charge in [0.1, 0.15) is 0 Å². The largest absolute Gasteiger partial charge is 0.461 e. The Labute approximate surface area is 99.7 Å². The highest BCUT2D eigenvalue weighted by Gasteiger charge is 2.37. The molecule has 0 bridgehead atoms. The first kappa shape index (κ1) is 10.5. The molecule has 3 rings (SSSR count). The lowest BCUT2D eigenvalue weighted by molar-refractivity contribution is -0.128. The zero-order valence-corrected chi connectivity index (χ0v) is 9.43. The van der Waals surface area contributed by atoms with Gasteiger partial charge in [0.25, 0.3) is 0 Å². The molecule has 88 valence electrons. The Balaban J connectivity index is 2.02. The van der Waals surface area contributed by atoms with Gasteiger partial charge in [-0.1, -0.05) is 30.3 Å². The Hall–Kier alpha value is -1.61. The molecule has 2 aliphatic rings. The van der Waals surface area contributed by atoms with Crippen molar-refractivity contribution < 1.29 is 14.6 Å². The lowest BCUT2D eigenvalue weighted by Gasteiger charge is -2.28. The van der Waals surface area contributed by atoms with Crippen LogP contribution in [0.15, 0.2) is 41.7 Å². The molecule has 0 unspecified atom stereocenters. The zero-order chi connectivity index (χ0) is 11.8. The smallest absolute Gasteiger partial charge is 0.198 e. The van der Waals surface area contributed by atoms with Crippen LogP contribution in [0.4, 0.5) is 0 Å². The van der Waals surface area contributed by atoms with E-state index in [1.807, 2.05) is 30.3 Å². The van der Waals surface area contributed by atoms with Crippen LogP contribution in [0, 0.1) is 0 Å². The van der Waals surface area contributed by atoms with E-state index >= 15 is 0 Å². The highest BCUT2D eigenvalue weighted by atomic mass is 16.6. The van der Waals surface area contributed by atoms with Crippen molar-refractivity contribution in [3.8, 4) is 0 Å². The summed E-state index contributed by atoms with van der Waals surface area (Å²) in [4.78, 5) is 11.6. The van der Waals surface area contributed by atoms with Crippen LogP contribution in [0.25, 0.3) is 0 Å². The minimum absolute atomic E-state index is 0.0275. The molecule has 0 amide bonds. The molecule has 3 heteroatoms. The fourth-order valence-corrected chi connectivity index (χ4v) is 2.68. The van der Waals surface area contributed by atoms with Gasteiger partial charge in [0.05, 0.1) is 0 Å². The maximum Gasteiger partial charge on any atom is 0.198 e. The van der Waals surface area contributed by atoms with Gasteiger partial charge >= 0.3 is 0 Å². The number of aliphatic hydroxyl groups is 1. The molecule has 2 atom stereocenters. The summed E-state index contributed by atoms with van der Waals surface area (Å²) in [7, 11) is 0. The number of Topliss-reactive ketones (excluding diaryl/α,β-unsaturated/α-hetero) is 1. The SMILES string of the molecule is O=C1CCC2=C1O[C@H](O)C[C@H]2c1ccccc1. The summed E-state index contributed by atoms with van der Waals surface area (Å²) in [6, 6.07) is 10.0. The van der Waals surface area contributed by atoms with Crippen LogP contribution in [0.5, 0.6) is 0 Å². The van der Waals surface area contributed by atoms with Crippen molar-refractivity contribution in [1.82, 2.24) is 0 Å². The number of benzene rings is 1. The second-order valence-electron chi connectivity index (χ2n) is 4.55. The van der Waals surface area contributed by atoms with Crippen molar-refractivity contribution in [2.45, 2.75) is 31.5 Å². The fraction of sp³-hybridized carbons (Fsp3) is 0.357. The number of hydrogen-bond donors (Lipinski definition) is 1. The first-order valence-corrected chi connectivity index (χ1v) is 5.91. The standard InChI is InChI=1S/C14H14O3/c15-12-7-6-10-11(8-13(16)17-14(10)12)9-4-2-1-3-5-9/h1-5,11,13,16H,6-8H2/t11-,13-/m0/s1. The van der Waals surface area contributed by atoms with Crippen LogP contribution < -0.4 is 0 Å². The molecule has 0 saturated heterocycles. The molecular weight excluding hydrogens is 216 g/mol. The summed E-state index contributed by atoms with van der Waals surface area (Å²) in [5.41, 5.74) is 2.21. The minimum Gasteiger partial charge on any atom is -0.461 e. The van der Waals surface area contributed by atoms with Crippen LogP contribution in [0.2, 0.25) is 0 Å². The number of rotatable bonds is 1. The number of carbonyl (C=O) groups excluding carboxylic acids is 1. The van der Waals surface area contributed by atoms with Gasteiger partial charge in [0, 0.05) is 18.8 Å². The number of allylic oxidation sites excluding steroid dienone is 2. The number of ether oxygens (including phenoxy) is 1. The second kappa shape index (κ2) is 4.00. The highest BCUT2D eigenvalue weighted by Crippen LogP contribution is 2.42. The van der Waals surface area contributed by atoms with E-state index in [1.165, 1.54) is 0 Å². The summed E-state index contributed by atoms with van der Waals surface area (Å²) in [6.07, 6.45) is 0.957. The zero-order valence-electron chi connectivity index (χ0n) is 9.43. The molecule has 1 N–H and O–H groups in total. The quantitative estimate of drug-likeness (QED) is 0.803. The van der Waals surface area contributed by atoms with Crippen molar-refractivity contribution in [1.29, 1.82) is 0 Å². The second-order valence-corrected chi connectivity index (χ2v) is 4.55. The van der Waals surface area contributed by atoms with Crippen LogP contribution in [0.1, 0.15) is 30.7 Å². The van der Waals surface area contributed by atoms with Crippen molar-refractivity contribution in [3.63, 3.8) is 0 Å². The lowest BCUT2D eigenvalue weighted by Crippen LogP contribution is -2.24. The Morgan fingerprint density at radius 2 is 1.94 bits per heavy atom. The average molecular weight is 230 g/mol. The summed E-state index contributed by atoms with van der Waals surface area (Å²) in [5.74, 6) is 0.568. The Bertz CT molecular complexity index is 476. The first-order chi connectivity index (χ1) is 8.25. The Kier molecular flexibility index (Phi) is 2.48. The van der Waals surface area contributed by atoms with E-state index in [0.29, 0.717) is 18.6 Å². The van der Waals surface area contributed by atoms with E-state index in [2.05, 4.69) is 0 Å². The van der Waals surface area contributed by atoms with Crippen LogP contribution in [-0.4, -0.2) is 17.2 Å². The molecule has 0 saturated carbocycles. The van der Waals surface area contributed by atoms with Crippen molar-refractivity contribution in [2.24, 2.45) is 0 Å². The lowest BCUT2D eigenvalue weighted by atomic mass is 9.86. The molecule has 0 radical (unpaired) electrons. The third kappa shape index (κ3) is 1.76. The number of aliphatic hydroxyl groups excluding tert-OH is 1. The summed E-state index contributed by atoms with van der Waals surface area (Å²) in [5, 5.41) is 9.70. The van der Waals surface area contributed by atoms with E-state index < -0.39 is 6.29 Å². The van der Waals surface area contributed by atoms with E-state index in [0.717, 1.165) is 17.6 Å². The molecule has 0 aromatic heterocycles. The predicted octanol–water partition coefficient (Wildman–Crippen LogP) is 2.13. The van der Waals surface area contributed by atoms with Crippen molar-refractivity contribution in [3.05, 3.63) is 47.2 Å². The van der Waals surface area contributed by atoms with Gasteiger partial charge in [-0.25, -0.2) is 0 Å². The number of ketones is 1. The molecule has 1 aliphatic carbocycles. The topological polar surface area (TPSA) is 46.5 Å². The normalized spacial score (nSPS) is 27.9. The van der Waals surface area contributed by atoms with Crippen LogP contribution in [0.3, 0.4) is 0 Å². The number of carbonyl (C=O) groups is 1. The fourth-order valence-electron chi connectivity index (χ4n) is 2.68. The molecule has 1 aromatic carbocycles. The maximum atomic E-state index is 11.6. The Morgan fingerprint density at radius 1 is 1.18 bits per heavy atom. The van der Waals surface area contributed by atoms with E-state index in [1.54, 1.807) is 0 Å². The van der Waals surface area contributed by atoms with Crippen LogP contribution >= 0.6 is 0 Å². The maximum absolute atomic E-state index is 11.6. The summed E-state index contributed by atoms with van der Waals surface area (Å²) in [6.45, 7) is 0. The molecule has 0 spiro atoms. The monoisotopic (exact) mass is 230 g/mol. The highest BCUT2D eigenvalue weighted by molar-refractivity contribution is 5.97. The van der Waals surface area contributed by atoms with Gasteiger partial charge in [-0.15, -0.1) is 0 Å². The van der Waals surface area contributed by atoms with Crippen molar-refractivity contribution >= 4 is 5.78 Å². The van der Waals surface area contributed by atoms with E-state index in [-0.39, 0.29) is 11.7 Å². The van der Waals surface area contributed by atoms with Crippen LogP contribution in [-0.2, 0) is 9.53 Å². The molecule has 0 fully saturated rings. The molecule has 1 heterocycles. The van der Waals surface area contributed by atoms with E-state index in [4.69, 9.17) is 4.74 Å². The average Bonchev–Trinajstić information content (AvgIpc) is 2.72. The van der Waals surface area contributed by atoms with Gasteiger partial charge < -0.3 is 9.84 Å². The number of hydrogen-bond acceptors (Lipinski definition) is 3. The molecule has 1 aromatic rings. The summed E-state index contributed by atoms with van der Waals surface area (Å²) >= 11 is 0. The first-order valence-electron chi connectivity index (χ1n) is 5.91. The van der Waals surface area contributed by atoms with Gasteiger partial charge in [-0.3, -0.25) is 4.79 Å². The van der Waals surface area contributed by atoms with Gasteiger partial charge in [-0.2, -0.15) is 0 Å². The molecule has 3 nitrogen and oxygen atoms in total. The molecule has 1 aliphatic heterocycles. The third-order valence-electron chi connectivity index (χ3n) is 3.48. The molecule has 17 heavy (non-hydrogen) atoms. The predicted molar refractivity (Wildman–Crippen MR) is 62.2 cm³/mol. The third-order valence-corrected chi connectivity index (χ3v) is 3.48. The van der Waals surface area contributed by atoms with Gasteiger partial charge in [-0.05, 0) is 17.6 Å². The minimum atomic E-state index is -0.860. The van der Waals surface area contributed by atoms with Crippen molar-refractivity contribution in [2.75, 3.05) is 0 Å². The van der Waals surface area contributed by atoms with Gasteiger partial charge in [0.2, 0.25) is 0 Å². The Morgan fingerprint density at radius 3 is 2.71 bits per heavy atom. The van der Waals surface area contributed by atoms with E-state index in [9.17, 15) is 9.90 Å². The summed E-state index contributed by atoms with van der Waals surface area (Å²) < 4.78 is 5.26.